The van der Waals surface area contributed by atoms with Crippen molar-refractivity contribution in [3.63, 3.8) is 0 Å². The van der Waals surface area contributed by atoms with Gasteiger partial charge < -0.3 is 10.6 Å². The van der Waals surface area contributed by atoms with Gasteiger partial charge in [0, 0.05) is 16.3 Å². The van der Waals surface area contributed by atoms with Crippen molar-refractivity contribution >= 4 is 45.7 Å². The van der Waals surface area contributed by atoms with Gasteiger partial charge in [-0.25, -0.2) is 4.79 Å². The summed E-state index contributed by atoms with van der Waals surface area (Å²) >= 11 is 7.11. The fourth-order valence-electron chi connectivity index (χ4n) is 2.53. The number of carbonyl (C=O) groups excluding carboxylic acids is 2. The van der Waals surface area contributed by atoms with Crippen LogP contribution in [0.25, 0.3) is 10.6 Å². The zero-order chi connectivity index (χ0) is 20.8. The Hall–Kier alpha value is -2.97. The van der Waals surface area contributed by atoms with Gasteiger partial charge in [-0.3, -0.25) is 10.1 Å². The van der Waals surface area contributed by atoms with Gasteiger partial charge in [-0.1, -0.05) is 67.1 Å². The fourth-order valence-corrected chi connectivity index (χ4v) is 3.41. The first-order valence-electron chi connectivity index (χ1n) is 8.95. The fraction of sp³-hybridized carbons (Fsp3) is 0.200. The maximum Gasteiger partial charge on any atom is 0.319 e. The summed E-state index contributed by atoms with van der Waals surface area (Å²) in [5.74, 6) is -0.491. The van der Waals surface area contributed by atoms with Gasteiger partial charge in [-0.05, 0) is 30.2 Å². The third-order valence-electron chi connectivity index (χ3n) is 4.01. The third-order valence-corrected chi connectivity index (χ3v) is 5.15. The number of aromatic nitrogens is 2. The van der Waals surface area contributed by atoms with Crippen LogP contribution in [0, 0.1) is 5.92 Å². The standard InChI is InChI=1S/C20H20ClN5O2S/c1-12(2)16(23-19(28)22-15-10-8-14(21)9-11-15)17(27)24-20-26-25-18(29-20)13-6-4-3-5-7-13/h3-12,16H,1-2H3,(H2,22,23,28)(H,24,26,27). The number of anilines is 2. The Balaban J connectivity index is 1.63. The van der Waals surface area contributed by atoms with Crippen LogP contribution < -0.4 is 16.0 Å². The van der Waals surface area contributed by atoms with E-state index in [2.05, 4.69) is 26.1 Å². The molecule has 0 radical (unpaired) electrons. The molecule has 29 heavy (non-hydrogen) atoms. The minimum absolute atomic E-state index is 0.132. The number of halogens is 1. The van der Waals surface area contributed by atoms with Crippen molar-refractivity contribution in [2.45, 2.75) is 19.9 Å². The number of nitrogens with zero attached hydrogens (tertiary/aromatic N) is 2. The maximum atomic E-state index is 12.7. The summed E-state index contributed by atoms with van der Waals surface area (Å²) < 4.78 is 0. The Kier molecular flexibility index (Phi) is 6.79. The Morgan fingerprint density at radius 1 is 0.966 bits per heavy atom. The van der Waals surface area contributed by atoms with Crippen molar-refractivity contribution in [1.82, 2.24) is 15.5 Å². The molecule has 1 unspecified atom stereocenters. The summed E-state index contributed by atoms with van der Waals surface area (Å²) in [6, 6.07) is 15.1. The van der Waals surface area contributed by atoms with Crippen LogP contribution in [0.4, 0.5) is 15.6 Å². The van der Waals surface area contributed by atoms with Crippen molar-refractivity contribution in [3.8, 4) is 10.6 Å². The van der Waals surface area contributed by atoms with Crippen molar-refractivity contribution in [1.29, 1.82) is 0 Å². The lowest BCUT2D eigenvalue weighted by Gasteiger charge is -2.21. The molecule has 7 nitrogen and oxygen atoms in total. The lowest BCUT2D eigenvalue weighted by molar-refractivity contribution is -0.118. The minimum atomic E-state index is -0.744. The summed E-state index contributed by atoms with van der Waals surface area (Å²) in [7, 11) is 0. The third kappa shape index (κ3) is 5.75. The number of rotatable bonds is 6. The Morgan fingerprint density at radius 3 is 2.31 bits per heavy atom. The summed E-state index contributed by atoms with van der Waals surface area (Å²) in [4.78, 5) is 25.0. The van der Waals surface area contributed by atoms with Crippen LogP contribution in [-0.2, 0) is 4.79 Å². The second kappa shape index (κ2) is 9.49. The molecular weight excluding hydrogens is 410 g/mol. The monoisotopic (exact) mass is 429 g/mol. The minimum Gasteiger partial charge on any atom is -0.326 e. The molecule has 3 amide bonds. The van der Waals surface area contributed by atoms with Gasteiger partial charge in [0.1, 0.15) is 11.0 Å². The van der Waals surface area contributed by atoms with Crippen LogP contribution in [0.1, 0.15) is 13.8 Å². The highest BCUT2D eigenvalue weighted by atomic mass is 35.5. The average molecular weight is 430 g/mol. The zero-order valence-corrected chi connectivity index (χ0v) is 17.4. The topological polar surface area (TPSA) is 96.0 Å². The van der Waals surface area contributed by atoms with Gasteiger partial charge in [-0.2, -0.15) is 0 Å². The van der Waals surface area contributed by atoms with E-state index in [1.165, 1.54) is 11.3 Å². The number of hydrogen-bond donors (Lipinski definition) is 3. The smallest absolute Gasteiger partial charge is 0.319 e. The first-order chi connectivity index (χ1) is 13.9. The van der Waals surface area contributed by atoms with Crippen molar-refractivity contribution in [3.05, 3.63) is 59.6 Å². The molecule has 0 saturated carbocycles. The number of nitrogens with one attached hydrogen (secondary N) is 3. The second-order valence-electron chi connectivity index (χ2n) is 6.59. The summed E-state index contributed by atoms with van der Waals surface area (Å²) in [5.41, 5.74) is 1.50. The Labute approximate surface area is 177 Å². The van der Waals surface area contributed by atoms with Gasteiger partial charge in [0.05, 0.1) is 0 Å². The van der Waals surface area contributed by atoms with E-state index >= 15 is 0 Å². The molecule has 0 aliphatic carbocycles. The van der Waals surface area contributed by atoms with Gasteiger partial charge in [0.2, 0.25) is 11.0 Å². The highest BCUT2D eigenvalue weighted by Crippen LogP contribution is 2.26. The highest BCUT2D eigenvalue weighted by molar-refractivity contribution is 7.18. The second-order valence-corrected chi connectivity index (χ2v) is 8.01. The van der Waals surface area contributed by atoms with Crippen LogP contribution in [0.2, 0.25) is 5.02 Å². The molecule has 0 saturated heterocycles. The Bertz CT molecular complexity index is 976. The van der Waals surface area contributed by atoms with Crippen LogP contribution >= 0.6 is 22.9 Å². The Morgan fingerprint density at radius 2 is 1.66 bits per heavy atom. The van der Waals surface area contributed by atoms with Gasteiger partial charge >= 0.3 is 6.03 Å². The summed E-state index contributed by atoms with van der Waals surface area (Å²) in [6.07, 6.45) is 0. The number of hydrogen-bond acceptors (Lipinski definition) is 5. The predicted octanol–water partition coefficient (Wildman–Crippen LogP) is 4.64. The van der Waals surface area contributed by atoms with E-state index in [0.717, 1.165) is 5.56 Å². The summed E-state index contributed by atoms with van der Waals surface area (Å²) in [6.45, 7) is 3.70. The van der Waals surface area contributed by atoms with E-state index in [0.29, 0.717) is 20.8 Å². The zero-order valence-electron chi connectivity index (χ0n) is 15.8. The van der Waals surface area contributed by atoms with Crippen molar-refractivity contribution in [2.24, 2.45) is 5.92 Å². The summed E-state index contributed by atoms with van der Waals surface area (Å²) in [5, 5.41) is 17.9. The van der Waals surface area contributed by atoms with E-state index in [4.69, 9.17) is 11.6 Å². The number of urea groups is 1. The molecule has 9 heteroatoms. The molecule has 0 spiro atoms. The van der Waals surface area contributed by atoms with Crippen molar-refractivity contribution in [2.75, 3.05) is 10.6 Å². The molecule has 3 rings (SSSR count). The molecule has 3 aromatic rings. The lowest BCUT2D eigenvalue weighted by atomic mass is 10.0. The molecular formula is C20H20ClN5O2S. The van der Waals surface area contributed by atoms with E-state index in [1.54, 1.807) is 24.3 Å². The molecule has 3 N–H and O–H groups in total. The molecule has 1 aromatic heterocycles. The lowest BCUT2D eigenvalue weighted by Crippen LogP contribution is -2.48. The molecule has 0 aliphatic heterocycles. The van der Waals surface area contributed by atoms with E-state index in [1.807, 2.05) is 44.2 Å². The van der Waals surface area contributed by atoms with E-state index < -0.39 is 12.1 Å². The van der Waals surface area contributed by atoms with E-state index in [9.17, 15) is 9.59 Å². The number of carbonyl (C=O) groups is 2. The van der Waals surface area contributed by atoms with Crippen LogP contribution in [0.3, 0.4) is 0 Å². The number of benzene rings is 2. The molecule has 150 valence electrons. The average Bonchev–Trinajstić information content (AvgIpc) is 3.17. The first kappa shape index (κ1) is 20.8. The van der Waals surface area contributed by atoms with Gasteiger partial charge in [-0.15, -0.1) is 10.2 Å². The molecule has 1 atom stereocenters. The maximum absolute atomic E-state index is 12.7. The predicted molar refractivity (Wildman–Crippen MR) is 116 cm³/mol. The van der Waals surface area contributed by atoms with E-state index in [-0.39, 0.29) is 11.8 Å². The molecule has 0 bridgehead atoms. The molecule has 1 heterocycles. The van der Waals surface area contributed by atoms with Crippen LogP contribution in [0.5, 0.6) is 0 Å². The van der Waals surface area contributed by atoms with Crippen LogP contribution in [0.15, 0.2) is 54.6 Å². The molecule has 0 aliphatic rings. The van der Waals surface area contributed by atoms with Gasteiger partial charge in [0.25, 0.3) is 0 Å². The molecule has 0 fully saturated rings. The van der Waals surface area contributed by atoms with Gasteiger partial charge in [0.15, 0.2) is 0 Å². The SMILES string of the molecule is CC(C)C(NC(=O)Nc1ccc(Cl)cc1)C(=O)Nc1nnc(-c2ccccc2)s1. The number of amides is 3. The largest absolute Gasteiger partial charge is 0.326 e. The first-order valence-corrected chi connectivity index (χ1v) is 10.1. The highest BCUT2D eigenvalue weighted by Gasteiger charge is 2.25. The van der Waals surface area contributed by atoms with Crippen LogP contribution in [-0.4, -0.2) is 28.2 Å². The normalized spacial score (nSPS) is 11.7. The quantitative estimate of drug-likeness (QED) is 0.531. The van der Waals surface area contributed by atoms with Crippen molar-refractivity contribution < 1.29 is 9.59 Å². The molecule has 2 aromatic carbocycles.